The number of thiazole rings is 1. The molecule has 1 atom stereocenters. The van der Waals surface area contributed by atoms with E-state index >= 15 is 0 Å². The second-order valence-corrected chi connectivity index (χ2v) is 11.7. The number of amides is 1. The van der Waals surface area contributed by atoms with Crippen LogP contribution in [0.25, 0.3) is 0 Å². The summed E-state index contributed by atoms with van der Waals surface area (Å²) in [5.74, 6) is -0.320. The predicted molar refractivity (Wildman–Crippen MR) is 133 cm³/mol. The SMILES string of the molecule is CC(=O)Nc1nc(C)c(S(=O)(=O)N(c2ccccc2)C2CN(C)Cc3c(Cl)cc(Cl)cc32)s1. The van der Waals surface area contributed by atoms with Crippen LogP contribution in [-0.4, -0.2) is 37.8 Å². The Hall–Kier alpha value is -2.17. The largest absolute Gasteiger partial charge is 0.302 e. The van der Waals surface area contributed by atoms with Crippen molar-refractivity contribution in [3.8, 4) is 0 Å². The molecule has 1 aromatic heterocycles. The number of hydrogen-bond donors (Lipinski definition) is 1. The van der Waals surface area contributed by atoms with Gasteiger partial charge in [-0.3, -0.25) is 14.0 Å². The maximum atomic E-state index is 14.1. The standard InChI is InChI=1S/C22H22Cl2N4O3S2/c1-13-21(32-22(25-13)26-14(2)29)33(30,31)28(16-7-5-4-6-8-16)20-12-27(3)11-18-17(20)9-15(23)10-19(18)24/h4-10,20H,11-12H2,1-3H3,(H,25,26,29). The summed E-state index contributed by atoms with van der Waals surface area (Å²) >= 11 is 13.8. The summed E-state index contributed by atoms with van der Waals surface area (Å²) in [6, 6.07) is 11.8. The zero-order valence-electron chi connectivity index (χ0n) is 18.2. The van der Waals surface area contributed by atoms with E-state index in [1.54, 1.807) is 43.3 Å². The lowest BCUT2D eigenvalue weighted by Crippen LogP contribution is -2.43. The molecule has 0 fully saturated rings. The van der Waals surface area contributed by atoms with Gasteiger partial charge in [0.15, 0.2) is 9.34 Å². The molecule has 33 heavy (non-hydrogen) atoms. The van der Waals surface area contributed by atoms with Crippen LogP contribution >= 0.6 is 34.5 Å². The lowest BCUT2D eigenvalue weighted by molar-refractivity contribution is -0.114. The van der Waals surface area contributed by atoms with E-state index in [1.807, 2.05) is 18.0 Å². The number of carbonyl (C=O) groups is 1. The monoisotopic (exact) mass is 524 g/mol. The highest BCUT2D eigenvalue weighted by atomic mass is 35.5. The van der Waals surface area contributed by atoms with Crippen LogP contribution in [0.15, 0.2) is 46.7 Å². The first-order valence-electron chi connectivity index (χ1n) is 10.1. The molecule has 0 saturated heterocycles. The van der Waals surface area contributed by atoms with Gasteiger partial charge >= 0.3 is 0 Å². The Bertz CT molecular complexity index is 1310. The topological polar surface area (TPSA) is 82.6 Å². The zero-order valence-corrected chi connectivity index (χ0v) is 21.3. The third-order valence-corrected chi connectivity index (χ3v) is 9.34. The molecule has 174 valence electrons. The van der Waals surface area contributed by atoms with E-state index in [4.69, 9.17) is 23.2 Å². The Morgan fingerprint density at radius 2 is 1.94 bits per heavy atom. The van der Waals surface area contributed by atoms with Crippen molar-refractivity contribution < 1.29 is 13.2 Å². The maximum Gasteiger partial charge on any atom is 0.276 e. The molecular weight excluding hydrogens is 503 g/mol. The first-order valence-corrected chi connectivity index (χ1v) is 13.1. The van der Waals surface area contributed by atoms with Crippen LogP contribution in [0.3, 0.4) is 0 Å². The predicted octanol–water partition coefficient (Wildman–Crippen LogP) is 5.10. The summed E-state index contributed by atoms with van der Waals surface area (Å²) in [4.78, 5) is 17.8. The van der Waals surface area contributed by atoms with E-state index in [9.17, 15) is 13.2 Å². The lowest BCUT2D eigenvalue weighted by atomic mass is 9.95. The van der Waals surface area contributed by atoms with E-state index in [1.165, 1.54) is 11.2 Å². The van der Waals surface area contributed by atoms with Gasteiger partial charge in [0, 0.05) is 30.1 Å². The molecule has 11 heteroatoms. The number of aryl methyl sites for hydroxylation is 1. The van der Waals surface area contributed by atoms with Crippen LogP contribution in [0.1, 0.15) is 29.8 Å². The minimum absolute atomic E-state index is 0.0676. The second kappa shape index (κ2) is 9.23. The van der Waals surface area contributed by atoms with Crippen LogP contribution in [-0.2, 0) is 21.4 Å². The molecule has 0 saturated carbocycles. The number of carbonyl (C=O) groups excluding carboxylic acids is 1. The van der Waals surface area contributed by atoms with E-state index in [0.29, 0.717) is 34.5 Å². The number of aromatic nitrogens is 1. The number of benzene rings is 2. The van der Waals surface area contributed by atoms with Gasteiger partial charge in [0.1, 0.15) is 0 Å². The summed E-state index contributed by atoms with van der Waals surface area (Å²) in [5, 5.41) is 3.76. The summed E-state index contributed by atoms with van der Waals surface area (Å²) in [6.07, 6.45) is 0. The molecule has 2 heterocycles. The Morgan fingerprint density at radius 1 is 1.24 bits per heavy atom. The van der Waals surface area contributed by atoms with Crippen LogP contribution in [0, 0.1) is 6.92 Å². The fraction of sp³-hybridized carbons (Fsp3) is 0.273. The first-order chi connectivity index (χ1) is 15.6. The second-order valence-electron chi connectivity index (χ2n) is 7.88. The summed E-state index contributed by atoms with van der Waals surface area (Å²) in [5.41, 5.74) is 2.44. The molecular formula is C22H22Cl2N4O3S2. The van der Waals surface area contributed by atoms with Gasteiger partial charge in [-0.1, -0.05) is 52.7 Å². The van der Waals surface area contributed by atoms with Gasteiger partial charge in [-0.25, -0.2) is 13.4 Å². The van der Waals surface area contributed by atoms with Gasteiger partial charge < -0.3 is 5.32 Å². The molecule has 0 spiro atoms. The number of likely N-dealkylation sites (N-methyl/N-ethyl adjacent to an activating group) is 1. The van der Waals surface area contributed by atoms with Crippen LogP contribution in [0.5, 0.6) is 0 Å². The van der Waals surface area contributed by atoms with Crippen molar-refractivity contribution in [1.82, 2.24) is 9.88 Å². The molecule has 7 nitrogen and oxygen atoms in total. The highest BCUT2D eigenvalue weighted by Crippen LogP contribution is 2.42. The fourth-order valence-corrected chi connectivity index (χ4v) is 7.72. The van der Waals surface area contributed by atoms with Gasteiger partial charge in [0.05, 0.1) is 17.4 Å². The van der Waals surface area contributed by atoms with Crippen LogP contribution < -0.4 is 9.62 Å². The molecule has 1 aliphatic heterocycles. The van der Waals surface area contributed by atoms with Gasteiger partial charge in [-0.05, 0) is 49.4 Å². The number of rotatable bonds is 5. The van der Waals surface area contributed by atoms with E-state index in [2.05, 4.69) is 10.3 Å². The third kappa shape index (κ3) is 4.74. The average Bonchev–Trinajstić information content (AvgIpc) is 3.10. The van der Waals surface area contributed by atoms with Crippen molar-refractivity contribution in [1.29, 1.82) is 0 Å². The lowest BCUT2D eigenvalue weighted by Gasteiger charge is -2.40. The van der Waals surface area contributed by atoms with Crippen molar-refractivity contribution in [2.45, 2.75) is 30.6 Å². The first kappa shape index (κ1) is 24.0. The summed E-state index contributed by atoms with van der Waals surface area (Å²) in [7, 11) is -2.15. The number of sulfonamides is 1. The van der Waals surface area contributed by atoms with E-state index < -0.39 is 16.1 Å². The normalized spacial score (nSPS) is 16.3. The molecule has 2 aromatic carbocycles. The van der Waals surface area contributed by atoms with E-state index in [0.717, 1.165) is 22.5 Å². The average molecular weight is 525 g/mol. The highest BCUT2D eigenvalue weighted by molar-refractivity contribution is 7.95. The molecule has 1 N–H and O–H groups in total. The zero-order chi connectivity index (χ0) is 23.9. The van der Waals surface area contributed by atoms with Crippen molar-refractivity contribution in [2.75, 3.05) is 23.2 Å². The van der Waals surface area contributed by atoms with Crippen molar-refractivity contribution in [3.05, 3.63) is 69.3 Å². The Morgan fingerprint density at radius 3 is 2.61 bits per heavy atom. The number of fused-ring (bicyclic) bond motifs is 1. The summed E-state index contributed by atoms with van der Waals surface area (Å²) < 4.78 is 29.8. The smallest absolute Gasteiger partial charge is 0.276 e. The van der Waals surface area contributed by atoms with Crippen LogP contribution in [0.2, 0.25) is 10.0 Å². The van der Waals surface area contributed by atoms with Crippen molar-refractivity contribution >= 4 is 61.3 Å². The van der Waals surface area contributed by atoms with Gasteiger partial charge in [0.25, 0.3) is 10.0 Å². The van der Waals surface area contributed by atoms with Gasteiger partial charge in [0.2, 0.25) is 5.91 Å². The van der Waals surface area contributed by atoms with Gasteiger partial charge in [-0.15, -0.1) is 0 Å². The third-order valence-electron chi connectivity index (χ3n) is 5.29. The molecule has 4 rings (SSSR count). The van der Waals surface area contributed by atoms with Crippen molar-refractivity contribution in [3.63, 3.8) is 0 Å². The number of para-hydroxylation sites is 1. The molecule has 0 radical (unpaired) electrons. The van der Waals surface area contributed by atoms with Gasteiger partial charge in [-0.2, -0.15) is 0 Å². The number of nitrogens with zero attached hydrogens (tertiary/aromatic N) is 3. The Labute approximate surface area is 207 Å². The molecule has 0 bridgehead atoms. The minimum atomic E-state index is -4.07. The molecule has 1 amide bonds. The molecule has 0 aliphatic carbocycles. The molecule has 3 aromatic rings. The summed E-state index contributed by atoms with van der Waals surface area (Å²) in [6.45, 7) is 3.99. The Kier molecular flexibility index (Phi) is 6.70. The number of halogens is 2. The van der Waals surface area contributed by atoms with Crippen molar-refractivity contribution in [2.24, 2.45) is 0 Å². The van der Waals surface area contributed by atoms with Crippen LogP contribution in [0.4, 0.5) is 10.8 Å². The number of anilines is 2. The molecule has 1 aliphatic rings. The number of hydrogen-bond acceptors (Lipinski definition) is 6. The van der Waals surface area contributed by atoms with E-state index in [-0.39, 0.29) is 15.2 Å². The Balaban J connectivity index is 1.92. The quantitative estimate of drug-likeness (QED) is 0.502. The highest BCUT2D eigenvalue weighted by Gasteiger charge is 2.39. The maximum absolute atomic E-state index is 14.1. The number of nitrogens with one attached hydrogen (secondary N) is 1. The minimum Gasteiger partial charge on any atom is -0.302 e. The molecule has 1 unspecified atom stereocenters. The fourth-order valence-electron chi connectivity index (χ4n) is 3.99.